The molecule has 108 valence electrons. The van der Waals surface area contributed by atoms with E-state index in [4.69, 9.17) is 10.9 Å². The topological polar surface area (TPSA) is 98.2 Å². The van der Waals surface area contributed by atoms with Crippen molar-refractivity contribution in [2.45, 2.75) is 32.6 Å². The summed E-state index contributed by atoms with van der Waals surface area (Å²) in [5.74, 6) is 0.499. The third kappa shape index (κ3) is 4.40. The van der Waals surface area contributed by atoms with Gasteiger partial charge in [0.25, 0.3) is 0 Å². The van der Waals surface area contributed by atoms with E-state index in [2.05, 4.69) is 33.0 Å². The lowest BCUT2D eigenvalue weighted by Gasteiger charge is -2.30. The number of benzene rings is 1. The van der Waals surface area contributed by atoms with Gasteiger partial charge in [0.2, 0.25) is 10.0 Å². The van der Waals surface area contributed by atoms with Gasteiger partial charge in [0.15, 0.2) is 0 Å². The summed E-state index contributed by atoms with van der Waals surface area (Å²) in [6, 6.07) is 4.56. The molecule has 1 rings (SSSR count). The molecule has 0 aliphatic heterocycles. The lowest BCUT2D eigenvalue weighted by atomic mass is 9.81. The summed E-state index contributed by atoms with van der Waals surface area (Å²) in [6.45, 7) is 9.32. The zero-order valence-corrected chi connectivity index (χ0v) is 12.7. The second-order valence-electron chi connectivity index (χ2n) is 5.83. The highest BCUT2D eigenvalue weighted by molar-refractivity contribution is 7.89. The SMILES string of the molecule is CC(C)C(C)(C)CNc1cc(N)cc(S(N)(=O)=O)c1. The monoisotopic (exact) mass is 285 g/mol. The molecule has 0 bridgehead atoms. The molecule has 1 aromatic rings. The van der Waals surface area contributed by atoms with Gasteiger partial charge in [0.05, 0.1) is 4.90 Å². The first-order chi connectivity index (χ1) is 8.52. The lowest BCUT2D eigenvalue weighted by molar-refractivity contribution is 0.269. The van der Waals surface area contributed by atoms with Crippen LogP contribution in [0.5, 0.6) is 0 Å². The fourth-order valence-corrected chi connectivity index (χ4v) is 2.01. The van der Waals surface area contributed by atoms with Crippen molar-refractivity contribution < 1.29 is 8.42 Å². The van der Waals surface area contributed by atoms with Gasteiger partial charge in [-0.25, -0.2) is 13.6 Å². The molecule has 1 aromatic carbocycles. The number of hydrogen-bond donors (Lipinski definition) is 3. The van der Waals surface area contributed by atoms with Crippen molar-refractivity contribution in [3.05, 3.63) is 18.2 Å². The summed E-state index contributed by atoms with van der Waals surface area (Å²) in [4.78, 5) is 0.0253. The minimum Gasteiger partial charge on any atom is -0.399 e. The van der Waals surface area contributed by atoms with E-state index in [1.807, 2.05) is 0 Å². The molecule has 0 unspecified atom stereocenters. The molecule has 0 aromatic heterocycles. The Hall–Kier alpha value is -1.27. The van der Waals surface area contributed by atoms with E-state index >= 15 is 0 Å². The molecule has 0 saturated carbocycles. The predicted molar refractivity (Wildman–Crippen MR) is 79.3 cm³/mol. The molecule has 0 fully saturated rings. The minimum absolute atomic E-state index is 0.0253. The molecule has 0 atom stereocenters. The molecule has 5 nitrogen and oxygen atoms in total. The molecule has 0 saturated heterocycles. The van der Waals surface area contributed by atoms with Gasteiger partial charge >= 0.3 is 0 Å². The summed E-state index contributed by atoms with van der Waals surface area (Å²) in [5, 5.41) is 8.33. The molecule has 0 radical (unpaired) electrons. The molecular weight excluding hydrogens is 262 g/mol. The van der Waals surface area contributed by atoms with Crippen LogP contribution in [0, 0.1) is 11.3 Å². The van der Waals surface area contributed by atoms with Crippen molar-refractivity contribution in [1.82, 2.24) is 0 Å². The Morgan fingerprint density at radius 3 is 2.32 bits per heavy atom. The highest BCUT2D eigenvalue weighted by Crippen LogP contribution is 2.27. The average molecular weight is 285 g/mol. The summed E-state index contributed by atoms with van der Waals surface area (Å²) in [6.07, 6.45) is 0. The van der Waals surface area contributed by atoms with E-state index in [1.165, 1.54) is 12.1 Å². The van der Waals surface area contributed by atoms with E-state index in [-0.39, 0.29) is 10.3 Å². The number of nitrogens with one attached hydrogen (secondary N) is 1. The van der Waals surface area contributed by atoms with Crippen LogP contribution in [-0.2, 0) is 10.0 Å². The molecule has 0 spiro atoms. The Balaban J connectivity index is 2.95. The van der Waals surface area contributed by atoms with Crippen LogP contribution in [0.3, 0.4) is 0 Å². The van der Waals surface area contributed by atoms with Crippen LogP contribution < -0.4 is 16.2 Å². The van der Waals surface area contributed by atoms with Gasteiger partial charge in [0, 0.05) is 17.9 Å². The molecule has 6 heteroatoms. The number of nitrogens with two attached hydrogens (primary N) is 2. The third-order valence-corrected chi connectivity index (χ3v) is 4.46. The molecule has 19 heavy (non-hydrogen) atoms. The molecule has 0 aliphatic rings. The Morgan fingerprint density at radius 1 is 1.26 bits per heavy atom. The van der Waals surface area contributed by atoms with Crippen molar-refractivity contribution in [3.63, 3.8) is 0 Å². The highest BCUT2D eigenvalue weighted by Gasteiger charge is 2.22. The minimum atomic E-state index is -3.74. The molecule has 0 heterocycles. The number of sulfonamides is 1. The van der Waals surface area contributed by atoms with Crippen LogP contribution in [0.15, 0.2) is 23.1 Å². The maximum atomic E-state index is 11.3. The smallest absolute Gasteiger partial charge is 0.238 e. The summed E-state index contributed by atoms with van der Waals surface area (Å²) in [5.41, 5.74) is 6.82. The fourth-order valence-electron chi connectivity index (χ4n) is 1.42. The van der Waals surface area contributed by atoms with Gasteiger partial charge in [0.1, 0.15) is 0 Å². The number of anilines is 2. The lowest BCUT2D eigenvalue weighted by Crippen LogP contribution is -2.28. The Morgan fingerprint density at radius 2 is 1.84 bits per heavy atom. The Kier molecular flexibility index (Phi) is 4.47. The maximum Gasteiger partial charge on any atom is 0.238 e. The summed E-state index contributed by atoms with van der Waals surface area (Å²) < 4.78 is 22.7. The molecular formula is C13H23N3O2S. The first-order valence-corrected chi connectivity index (χ1v) is 7.74. The largest absolute Gasteiger partial charge is 0.399 e. The number of nitrogen functional groups attached to an aromatic ring is 1. The quantitative estimate of drug-likeness (QED) is 0.721. The first kappa shape index (κ1) is 15.8. The third-order valence-electron chi connectivity index (χ3n) is 3.57. The summed E-state index contributed by atoms with van der Waals surface area (Å²) in [7, 11) is -3.74. The first-order valence-electron chi connectivity index (χ1n) is 6.19. The van der Waals surface area contributed by atoms with Crippen LogP contribution >= 0.6 is 0 Å². The maximum absolute atomic E-state index is 11.3. The van der Waals surface area contributed by atoms with Crippen molar-refractivity contribution in [1.29, 1.82) is 0 Å². The van der Waals surface area contributed by atoms with Gasteiger partial charge in [-0.2, -0.15) is 0 Å². The molecule has 0 aliphatic carbocycles. The summed E-state index contributed by atoms with van der Waals surface area (Å²) >= 11 is 0. The molecule has 0 amide bonds. The van der Waals surface area contributed by atoms with Crippen molar-refractivity contribution in [3.8, 4) is 0 Å². The standard InChI is InChI=1S/C13H23N3O2S/c1-9(2)13(3,4)8-16-11-5-10(14)6-12(7-11)19(15,17)18/h5-7,9,16H,8,14H2,1-4H3,(H2,15,17,18). The number of rotatable bonds is 5. The number of hydrogen-bond acceptors (Lipinski definition) is 4. The van der Waals surface area contributed by atoms with E-state index in [0.29, 0.717) is 17.3 Å². The van der Waals surface area contributed by atoms with Gasteiger partial charge in [-0.3, -0.25) is 0 Å². The van der Waals surface area contributed by atoms with Gasteiger partial charge in [-0.1, -0.05) is 27.7 Å². The van der Waals surface area contributed by atoms with E-state index in [1.54, 1.807) is 6.07 Å². The normalized spacial score (nSPS) is 12.7. The fraction of sp³-hybridized carbons (Fsp3) is 0.538. The van der Waals surface area contributed by atoms with Crippen LogP contribution in [0.1, 0.15) is 27.7 Å². The predicted octanol–water partition coefficient (Wildman–Crippen LogP) is 2.01. The molecule has 5 N–H and O–H groups in total. The second-order valence-corrected chi connectivity index (χ2v) is 7.39. The van der Waals surface area contributed by atoms with Crippen LogP contribution in [0.25, 0.3) is 0 Å². The average Bonchev–Trinajstić information content (AvgIpc) is 2.24. The van der Waals surface area contributed by atoms with E-state index in [0.717, 1.165) is 6.54 Å². The van der Waals surface area contributed by atoms with Crippen LogP contribution in [0.2, 0.25) is 0 Å². The highest BCUT2D eigenvalue weighted by atomic mass is 32.2. The van der Waals surface area contributed by atoms with Crippen molar-refractivity contribution in [2.24, 2.45) is 16.5 Å². The van der Waals surface area contributed by atoms with Crippen molar-refractivity contribution >= 4 is 21.4 Å². The zero-order valence-electron chi connectivity index (χ0n) is 11.9. The van der Waals surface area contributed by atoms with Crippen LogP contribution in [0.4, 0.5) is 11.4 Å². The Bertz CT molecular complexity index is 551. The van der Waals surface area contributed by atoms with Crippen LogP contribution in [-0.4, -0.2) is 15.0 Å². The van der Waals surface area contributed by atoms with Gasteiger partial charge in [-0.05, 0) is 29.5 Å². The van der Waals surface area contributed by atoms with Gasteiger partial charge < -0.3 is 11.1 Å². The van der Waals surface area contributed by atoms with E-state index < -0.39 is 10.0 Å². The Labute approximate surface area is 115 Å². The second kappa shape index (κ2) is 5.38. The zero-order chi connectivity index (χ0) is 14.8. The van der Waals surface area contributed by atoms with Crippen molar-refractivity contribution in [2.75, 3.05) is 17.6 Å². The number of primary sulfonamides is 1. The van der Waals surface area contributed by atoms with Gasteiger partial charge in [-0.15, -0.1) is 0 Å². The van der Waals surface area contributed by atoms with E-state index in [9.17, 15) is 8.42 Å².